The summed E-state index contributed by atoms with van der Waals surface area (Å²) in [6.45, 7) is 10.2. The molecule has 126 valence electrons. The number of hydrogen-bond acceptors (Lipinski definition) is 4. The van der Waals surface area contributed by atoms with Gasteiger partial charge in [0, 0.05) is 32.6 Å². The molecule has 7 heteroatoms. The van der Waals surface area contributed by atoms with E-state index in [9.17, 15) is 0 Å². The summed E-state index contributed by atoms with van der Waals surface area (Å²) < 4.78 is 5.11. The summed E-state index contributed by atoms with van der Waals surface area (Å²) in [4.78, 5) is 11.3. The van der Waals surface area contributed by atoms with Crippen molar-refractivity contribution in [3.8, 4) is 0 Å². The Morgan fingerprint density at radius 3 is 2.95 bits per heavy atom. The normalized spacial score (nSPS) is 19.0. The van der Waals surface area contributed by atoms with Crippen molar-refractivity contribution in [3.63, 3.8) is 0 Å². The van der Waals surface area contributed by atoms with E-state index in [1.54, 1.807) is 0 Å². The van der Waals surface area contributed by atoms with Gasteiger partial charge in [0.2, 0.25) is 5.89 Å². The summed E-state index contributed by atoms with van der Waals surface area (Å²) >= 11 is 0. The lowest BCUT2D eigenvalue weighted by atomic mass is 10.0. The van der Waals surface area contributed by atoms with Crippen LogP contribution in [-0.4, -0.2) is 47.2 Å². The van der Waals surface area contributed by atoms with Crippen molar-refractivity contribution >= 4 is 29.9 Å². The van der Waals surface area contributed by atoms with E-state index in [0.717, 1.165) is 50.9 Å². The van der Waals surface area contributed by atoms with Gasteiger partial charge in [-0.2, -0.15) is 4.98 Å². The highest BCUT2D eigenvalue weighted by molar-refractivity contribution is 14.0. The highest BCUT2D eigenvalue weighted by atomic mass is 127. The van der Waals surface area contributed by atoms with Crippen LogP contribution in [0, 0.1) is 12.8 Å². The molecule has 2 heterocycles. The Labute approximate surface area is 150 Å². The molecule has 1 aromatic heterocycles. The molecule has 0 spiro atoms. The molecule has 0 saturated carbocycles. The van der Waals surface area contributed by atoms with Crippen molar-refractivity contribution < 1.29 is 4.52 Å². The van der Waals surface area contributed by atoms with E-state index >= 15 is 0 Å². The Morgan fingerprint density at radius 2 is 2.32 bits per heavy atom. The van der Waals surface area contributed by atoms with Crippen molar-refractivity contribution in [2.45, 2.75) is 46.5 Å². The monoisotopic (exact) mass is 421 g/mol. The largest absolute Gasteiger partial charge is 0.357 e. The first-order chi connectivity index (χ1) is 10.2. The first-order valence-electron chi connectivity index (χ1n) is 8.01. The van der Waals surface area contributed by atoms with E-state index < -0.39 is 0 Å². The van der Waals surface area contributed by atoms with Crippen LogP contribution in [-0.2, 0) is 6.42 Å². The number of aliphatic imine (C=N–C) groups is 1. The van der Waals surface area contributed by atoms with Crippen molar-refractivity contribution in [2.75, 3.05) is 26.2 Å². The van der Waals surface area contributed by atoms with Crippen LogP contribution in [0.15, 0.2) is 9.52 Å². The number of aryl methyl sites for hydroxylation is 2. The number of aromatic nitrogens is 2. The van der Waals surface area contributed by atoms with Crippen LogP contribution < -0.4 is 5.32 Å². The van der Waals surface area contributed by atoms with E-state index in [-0.39, 0.29) is 24.0 Å². The summed E-state index contributed by atoms with van der Waals surface area (Å²) in [6, 6.07) is 0. The number of hydrogen-bond donors (Lipinski definition) is 1. The predicted molar refractivity (Wildman–Crippen MR) is 98.7 cm³/mol. The van der Waals surface area contributed by atoms with Gasteiger partial charge in [-0.3, -0.25) is 4.99 Å². The minimum Gasteiger partial charge on any atom is -0.357 e. The highest BCUT2D eigenvalue weighted by Gasteiger charge is 2.18. The smallest absolute Gasteiger partial charge is 0.226 e. The van der Waals surface area contributed by atoms with Crippen molar-refractivity contribution in [3.05, 3.63) is 11.7 Å². The number of halogens is 1. The predicted octanol–water partition coefficient (Wildman–Crippen LogP) is 2.63. The van der Waals surface area contributed by atoms with Crippen LogP contribution in [0.5, 0.6) is 0 Å². The van der Waals surface area contributed by atoms with Gasteiger partial charge in [-0.05, 0) is 39.0 Å². The summed E-state index contributed by atoms with van der Waals surface area (Å²) in [5.41, 5.74) is 0. The topological polar surface area (TPSA) is 66.5 Å². The molecule has 0 radical (unpaired) electrons. The molecule has 2 rings (SSSR count). The van der Waals surface area contributed by atoms with Crippen LogP contribution in [0.3, 0.4) is 0 Å². The third-order valence-electron chi connectivity index (χ3n) is 3.67. The first-order valence-corrected chi connectivity index (χ1v) is 8.01. The summed E-state index contributed by atoms with van der Waals surface area (Å²) in [5.74, 6) is 3.21. The number of nitrogens with one attached hydrogen (secondary N) is 1. The Balaban J connectivity index is 0.00000242. The minimum absolute atomic E-state index is 0. The zero-order chi connectivity index (χ0) is 15.1. The summed E-state index contributed by atoms with van der Waals surface area (Å²) in [7, 11) is 0. The lowest BCUT2D eigenvalue weighted by Gasteiger charge is -2.33. The van der Waals surface area contributed by atoms with Gasteiger partial charge in [-0.15, -0.1) is 24.0 Å². The lowest BCUT2D eigenvalue weighted by Crippen LogP contribution is -2.46. The number of nitrogens with zero attached hydrogens (tertiary/aromatic N) is 4. The van der Waals surface area contributed by atoms with E-state index in [1.807, 2.05) is 6.92 Å². The van der Waals surface area contributed by atoms with Crippen LogP contribution in [0.4, 0.5) is 0 Å². The Kier molecular flexibility index (Phi) is 8.74. The maximum absolute atomic E-state index is 5.11. The van der Waals surface area contributed by atoms with Crippen LogP contribution in [0.2, 0.25) is 0 Å². The molecule has 0 bridgehead atoms. The lowest BCUT2D eigenvalue weighted by molar-refractivity contribution is 0.266. The zero-order valence-electron chi connectivity index (χ0n) is 13.8. The molecule has 1 fully saturated rings. The number of rotatable bonds is 5. The molecule has 22 heavy (non-hydrogen) atoms. The van der Waals surface area contributed by atoms with Gasteiger partial charge in [0.25, 0.3) is 0 Å². The Bertz CT molecular complexity index is 463. The Morgan fingerprint density at radius 1 is 1.50 bits per heavy atom. The molecule has 1 aliphatic rings. The maximum atomic E-state index is 5.11. The standard InChI is InChI=1S/C15H27N5O.HI/c1-4-16-15(20-10-6-7-12(2)11-20)17-9-5-8-14-18-13(3)19-21-14;/h12H,4-11H2,1-3H3,(H,16,17);1H. The van der Waals surface area contributed by atoms with Gasteiger partial charge in [-0.1, -0.05) is 12.1 Å². The third kappa shape index (κ3) is 6.10. The molecule has 0 aromatic carbocycles. The first kappa shape index (κ1) is 19.2. The number of piperidine rings is 1. The second-order valence-electron chi connectivity index (χ2n) is 5.77. The second-order valence-corrected chi connectivity index (χ2v) is 5.77. The SMILES string of the molecule is CCNC(=NCCCc1nc(C)no1)N1CCCC(C)C1.I. The zero-order valence-corrected chi connectivity index (χ0v) is 16.2. The van der Waals surface area contributed by atoms with E-state index in [1.165, 1.54) is 12.8 Å². The number of likely N-dealkylation sites (tertiary alicyclic amines) is 1. The minimum atomic E-state index is 0. The fraction of sp³-hybridized carbons (Fsp3) is 0.800. The van der Waals surface area contributed by atoms with Crippen molar-refractivity contribution in [1.29, 1.82) is 0 Å². The Hall–Kier alpha value is -0.860. The molecule has 1 unspecified atom stereocenters. The van der Waals surface area contributed by atoms with Crippen molar-refractivity contribution in [2.24, 2.45) is 10.9 Å². The molecule has 1 aromatic rings. The van der Waals surface area contributed by atoms with Gasteiger partial charge < -0.3 is 14.7 Å². The van der Waals surface area contributed by atoms with Gasteiger partial charge in [0.15, 0.2) is 11.8 Å². The molecule has 6 nitrogen and oxygen atoms in total. The molecule has 0 aliphatic carbocycles. The average Bonchev–Trinajstić information content (AvgIpc) is 2.88. The fourth-order valence-electron chi connectivity index (χ4n) is 2.66. The molecule has 1 saturated heterocycles. The third-order valence-corrected chi connectivity index (χ3v) is 3.67. The highest BCUT2D eigenvalue weighted by Crippen LogP contribution is 2.15. The van der Waals surface area contributed by atoms with Crippen molar-refractivity contribution in [1.82, 2.24) is 20.4 Å². The average molecular weight is 421 g/mol. The number of guanidine groups is 1. The fourth-order valence-corrected chi connectivity index (χ4v) is 2.66. The molecule has 1 atom stereocenters. The van der Waals surface area contributed by atoms with Crippen LogP contribution in [0.25, 0.3) is 0 Å². The maximum Gasteiger partial charge on any atom is 0.226 e. The van der Waals surface area contributed by atoms with E-state index in [2.05, 4.69) is 34.2 Å². The van der Waals surface area contributed by atoms with Gasteiger partial charge in [0.05, 0.1) is 0 Å². The quantitative estimate of drug-likeness (QED) is 0.343. The second kappa shape index (κ2) is 10.0. The molecule has 1 aliphatic heterocycles. The van der Waals surface area contributed by atoms with E-state index in [4.69, 9.17) is 9.52 Å². The molecule has 0 amide bonds. The van der Waals surface area contributed by atoms with Gasteiger partial charge in [-0.25, -0.2) is 0 Å². The van der Waals surface area contributed by atoms with Crippen LogP contribution >= 0.6 is 24.0 Å². The van der Waals surface area contributed by atoms with Crippen LogP contribution in [0.1, 0.15) is 44.8 Å². The van der Waals surface area contributed by atoms with E-state index in [0.29, 0.717) is 11.7 Å². The summed E-state index contributed by atoms with van der Waals surface area (Å²) in [5, 5.41) is 7.20. The molecule has 1 N–H and O–H groups in total. The molecular weight excluding hydrogens is 393 g/mol. The van der Waals surface area contributed by atoms with Gasteiger partial charge >= 0.3 is 0 Å². The van der Waals surface area contributed by atoms with Gasteiger partial charge in [0.1, 0.15) is 0 Å². The molecular formula is C15H28IN5O. The summed E-state index contributed by atoms with van der Waals surface area (Å²) in [6.07, 6.45) is 4.30.